The van der Waals surface area contributed by atoms with Gasteiger partial charge in [-0.1, -0.05) is 13.8 Å². The van der Waals surface area contributed by atoms with Crippen molar-refractivity contribution in [3.63, 3.8) is 0 Å². The smallest absolute Gasteiger partial charge is 0.258 e. The van der Waals surface area contributed by atoms with Crippen molar-refractivity contribution in [2.24, 2.45) is 11.7 Å². The van der Waals surface area contributed by atoms with Crippen LogP contribution in [-0.2, 0) is 11.3 Å². The molecular weight excluding hydrogens is 247 g/mol. The van der Waals surface area contributed by atoms with Crippen LogP contribution in [0.4, 0.5) is 4.39 Å². The van der Waals surface area contributed by atoms with Crippen LogP contribution in [0.15, 0.2) is 18.2 Å². The highest BCUT2D eigenvalue weighted by Gasteiger charge is 2.11. The number of benzene rings is 1. The van der Waals surface area contributed by atoms with Crippen molar-refractivity contribution in [2.45, 2.75) is 33.4 Å². The van der Waals surface area contributed by atoms with E-state index < -0.39 is 17.8 Å². The minimum atomic E-state index is -0.779. The fraction of sp³-hybridized carbons (Fsp3) is 0.500. The van der Waals surface area contributed by atoms with Crippen LogP contribution in [0.1, 0.15) is 26.3 Å². The zero-order valence-electron chi connectivity index (χ0n) is 11.6. The number of hydrogen-bond donors (Lipinski definition) is 2. The molecule has 0 radical (unpaired) electrons. The van der Waals surface area contributed by atoms with Crippen LogP contribution >= 0.6 is 0 Å². The maximum atomic E-state index is 13.4. The lowest BCUT2D eigenvalue weighted by molar-refractivity contribution is -0.123. The van der Waals surface area contributed by atoms with Crippen molar-refractivity contribution in [3.05, 3.63) is 29.6 Å². The number of amides is 1. The largest absolute Gasteiger partial charge is 0.481 e. The summed E-state index contributed by atoms with van der Waals surface area (Å²) >= 11 is 0. The second kappa shape index (κ2) is 7.09. The van der Waals surface area contributed by atoms with Gasteiger partial charge in [0.1, 0.15) is 11.6 Å². The van der Waals surface area contributed by atoms with Gasteiger partial charge in [-0.25, -0.2) is 4.39 Å². The Balaban J connectivity index is 2.68. The van der Waals surface area contributed by atoms with E-state index in [1.165, 1.54) is 19.1 Å². The van der Waals surface area contributed by atoms with Crippen molar-refractivity contribution in [2.75, 3.05) is 6.54 Å². The predicted octanol–water partition coefficient (Wildman–Crippen LogP) is 1.82. The Hall–Kier alpha value is -1.62. The highest BCUT2D eigenvalue weighted by molar-refractivity contribution is 5.78. The molecule has 1 aromatic carbocycles. The average molecular weight is 268 g/mol. The number of carbonyl (C=O) groups excluding carboxylic acids is 1. The fourth-order valence-corrected chi connectivity index (χ4v) is 1.56. The zero-order chi connectivity index (χ0) is 14.4. The van der Waals surface area contributed by atoms with Gasteiger partial charge < -0.3 is 15.8 Å². The van der Waals surface area contributed by atoms with Crippen molar-refractivity contribution in [3.8, 4) is 5.75 Å². The molecule has 0 saturated carbocycles. The second-order valence-corrected chi connectivity index (χ2v) is 4.98. The van der Waals surface area contributed by atoms with Crippen LogP contribution in [-0.4, -0.2) is 18.6 Å². The molecule has 0 spiro atoms. The highest BCUT2D eigenvalue weighted by Crippen LogP contribution is 2.17. The molecule has 0 saturated heterocycles. The summed E-state index contributed by atoms with van der Waals surface area (Å²) < 4.78 is 18.7. The normalized spacial score (nSPS) is 12.5. The van der Waals surface area contributed by atoms with E-state index in [9.17, 15) is 9.18 Å². The molecule has 0 bridgehead atoms. The Morgan fingerprint density at radius 1 is 1.37 bits per heavy atom. The van der Waals surface area contributed by atoms with Crippen LogP contribution in [0.5, 0.6) is 5.75 Å². The number of halogens is 1. The molecule has 0 aromatic heterocycles. The molecule has 0 aliphatic rings. The van der Waals surface area contributed by atoms with Gasteiger partial charge in [0.05, 0.1) is 0 Å². The number of carbonyl (C=O) groups is 1. The van der Waals surface area contributed by atoms with E-state index in [1.54, 1.807) is 6.07 Å². The third-order valence-corrected chi connectivity index (χ3v) is 2.53. The van der Waals surface area contributed by atoms with Crippen molar-refractivity contribution in [1.29, 1.82) is 0 Å². The van der Waals surface area contributed by atoms with Gasteiger partial charge in [0.25, 0.3) is 5.91 Å². The Kier molecular flexibility index (Phi) is 5.76. The number of ether oxygens (including phenoxy) is 1. The molecule has 19 heavy (non-hydrogen) atoms. The second-order valence-electron chi connectivity index (χ2n) is 4.98. The molecule has 1 atom stereocenters. The maximum Gasteiger partial charge on any atom is 0.258 e. The summed E-state index contributed by atoms with van der Waals surface area (Å²) in [4.78, 5) is 10.9. The van der Waals surface area contributed by atoms with Crippen LogP contribution in [0, 0.1) is 11.7 Å². The van der Waals surface area contributed by atoms with Gasteiger partial charge in [0.2, 0.25) is 0 Å². The summed E-state index contributed by atoms with van der Waals surface area (Å²) in [5.74, 6) is -0.133. The fourth-order valence-electron chi connectivity index (χ4n) is 1.56. The van der Waals surface area contributed by atoms with Gasteiger partial charge in [-0.05, 0) is 37.1 Å². The van der Waals surface area contributed by atoms with E-state index in [-0.39, 0.29) is 0 Å². The highest BCUT2D eigenvalue weighted by atomic mass is 19.1. The van der Waals surface area contributed by atoms with E-state index in [4.69, 9.17) is 10.5 Å². The van der Waals surface area contributed by atoms with E-state index in [2.05, 4.69) is 19.2 Å². The number of primary amides is 1. The van der Waals surface area contributed by atoms with Gasteiger partial charge in [-0.2, -0.15) is 0 Å². The monoisotopic (exact) mass is 268 g/mol. The zero-order valence-corrected chi connectivity index (χ0v) is 11.6. The topological polar surface area (TPSA) is 64.3 Å². The van der Waals surface area contributed by atoms with Gasteiger partial charge in [0.15, 0.2) is 6.10 Å². The molecule has 1 aromatic rings. The van der Waals surface area contributed by atoms with Crippen LogP contribution < -0.4 is 15.8 Å². The molecule has 0 aliphatic heterocycles. The van der Waals surface area contributed by atoms with Crippen molar-refractivity contribution in [1.82, 2.24) is 5.32 Å². The molecule has 1 rings (SSSR count). The van der Waals surface area contributed by atoms with E-state index in [0.29, 0.717) is 18.2 Å². The summed E-state index contributed by atoms with van der Waals surface area (Å²) in [6, 6.07) is 4.39. The minimum absolute atomic E-state index is 0.313. The average Bonchev–Trinajstić information content (AvgIpc) is 2.27. The third kappa shape index (κ3) is 5.70. The summed E-state index contributed by atoms with van der Waals surface area (Å²) in [7, 11) is 0. The Morgan fingerprint density at radius 2 is 2.05 bits per heavy atom. The molecular formula is C14H21FN2O2. The summed E-state index contributed by atoms with van der Waals surface area (Å²) in [6.45, 7) is 7.13. The number of rotatable bonds is 7. The van der Waals surface area contributed by atoms with Crippen molar-refractivity contribution < 1.29 is 13.9 Å². The third-order valence-electron chi connectivity index (χ3n) is 2.53. The quantitative estimate of drug-likeness (QED) is 0.793. The number of nitrogens with two attached hydrogens (primary N) is 1. The molecule has 4 nitrogen and oxygen atoms in total. The molecule has 1 amide bonds. The lowest BCUT2D eigenvalue weighted by Crippen LogP contribution is -2.30. The molecule has 0 heterocycles. The van der Waals surface area contributed by atoms with Gasteiger partial charge in [-0.15, -0.1) is 0 Å². The molecule has 5 heteroatoms. The summed E-state index contributed by atoms with van der Waals surface area (Å²) in [5, 5.41) is 3.22. The summed E-state index contributed by atoms with van der Waals surface area (Å²) in [6.07, 6.45) is -0.779. The lowest BCUT2D eigenvalue weighted by Gasteiger charge is -2.13. The van der Waals surface area contributed by atoms with Gasteiger partial charge in [0, 0.05) is 12.6 Å². The van der Waals surface area contributed by atoms with Crippen molar-refractivity contribution >= 4 is 5.91 Å². The summed E-state index contributed by atoms with van der Waals surface area (Å²) in [5.41, 5.74) is 5.87. The van der Waals surface area contributed by atoms with Crippen LogP contribution in [0.3, 0.4) is 0 Å². The van der Waals surface area contributed by atoms with Crippen LogP contribution in [0.2, 0.25) is 0 Å². The number of nitrogens with one attached hydrogen (secondary N) is 1. The van der Waals surface area contributed by atoms with Crippen LogP contribution in [0.25, 0.3) is 0 Å². The Morgan fingerprint density at radius 3 is 2.63 bits per heavy atom. The van der Waals surface area contributed by atoms with Gasteiger partial charge >= 0.3 is 0 Å². The molecule has 0 aliphatic carbocycles. The molecule has 106 valence electrons. The lowest BCUT2D eigenvalue weighted by atomic mass is 10.2. The molecule has 1 unspecified atom stereocenters. The minimum Gasteiger partial charge on any atom is -0.481 e. The Bertz CT molecular complexity index is 435. The molecule has 0 fully saturated rings. The maximum absolute atomic E-state index is 13.4. The Labute approximate surface area is 113 Å². The molecule has 3 N–H and O–H groups in total. The van der Waals surface area contributed by atoms with E-state index in [1.807, 2.05) is 0 Å². The van der Waals surface area contributed by atoms with E-state index >= 15 is 0 Å². The first kappa shape index (κ1) is 15.4. The first-order chi connectivity index (χ1) is 8.88. The SMILES string of the molecule is CC(C)CNCc1cc(F)cc(OC(C)C(N)=O)c1. The van der Waals surface area contributed by atoms with Gasteiger partial charge in [-0.3, -0.25) is 4.79 Å². The first-order valence-corrected chi connectivity index (χ1v) is 6.34. The van der Waals surface area contributed by atoms with E-state index in [0.717, 1.165) is 12.1 Å². The first-order valence-electron chi connectivity index (χ1n) is 6.34. The number of hydrogen-bond acceptors (Lipinski definition) is 3. The predicted molar refractivity (Wildman–Crippen MR) is 72.2 cm³/mol. The standard InChI is InChI=1S/C14H21FN2O2/c1-9(2)7-17-8-11-4-12(15)6-13(5-11)19-10(3)14(16)18/h4-6,9-10,17H,7-8H2,1-3H3,(H2,16,18).